The summed E-state index contributed by atoms with van der Waals surface area (Å²) < 4.78 is 6.04. The van der Waals surface area contributed by atoms with Gasteiger partial charge in [-0.2, -0.15) is 4.98 Å². The maximum absolute atomic E-state index is 6.17. The van der Waals surface area contributed by atoms with E-state index in [1.807, 2.05) is 0 Å². The molecule has 2 heterocycles. The number of aromatic nitrogens is 2. The van der Waals surface area contributed by atoms with Crippen molar-refractivity contribution in [2.45, 2.75) is 32.3 Å². The molecular formula is C12H17ClIN3O. The van der Waals surface area contributed by atoms with Gasteiger partial charge >= 0.3 is 0 Å². The third kappa shape index (κ3) is 3.45. The van der Waals surface area contributed by atoms with Crippen molar-refractivity contribution in [3.63, 3.8) is 0 Å². The average Bonchev–Trinajstić information content (AvgIpc) is 2.63. The van der Waals surface area contributed by atoms with Crippen molar-refractivity contribution >= 4 is 40.1 Å². The summed E-state index contributed by atoms with van der Waals surface area (Å²) in [7, 11) is 1.66. The molecule has 4 nitrogen and oxygen atoms in total. The Hall–Kier alpha value is -0.140. The highest BCUT2D eigenvalue weighted by molar-refractivity contribution is 14.1. The lowest BCUT2D eigenvalue weighted by Crippen LogP contribution is -2.26. The van der Waals surface area contributed by atoms with Gasteiger partial charge in [-0.3, -0.25) is 0 Å². The molecule has 0 atom stereocenters. The second kappa shape index (κ2) is 6.86. The Balaban J connectivity index is 2.26. The van der Waals surface area contributed by atoms with Crippen LogP contribution in [0.3, 0.4) is 0 Å². The highest BCUT2D eigenvalue weighted by atomic mass is 127. The topological polar surface area (TPSA) is 38.2 Å². The van der Waals surface area contributed by atoms with Gasteiger partial charge in [0.1, 0.15) is 5.15 Å². The summed E-state index contributed by atoms with van der Waals surface area (Å²) in [4.78, 5) is 11.2. The first kappa shape index (κ1) is 14.3. The lowest BCUT2D eigenvalue weighted by Gasteiger charge is -2.21. The maximum Gasteiger partial charge on any atom is 0.227 e. The monoisotopic (exact) mass is 381 g/mol. The molecular weight excluding hydrogens is 365 g/mol. The first-order valence-electron chi connectivity index (χ1n) is 6.18. The van der Waals surface area contributed by atoms with E-state index in [1.54, 1.807) is 7.11 Å². The van der Waals surface area contributed by atoms with Crippen molar-refractivity contribution in [1.82, 2.24) is 9.97 Å². The minimum absolute atomic E-state index is 0.474. The van der Waals surface area contributed by atoms with E-state index in [0.29, 0.717) is 11.8 Å². The normalized spacial score (nSPS) is 16.7. The van der Waals surface area contributed by atoms with E-state index >= 15 is 0 Å². The maximum atomic E-state index is 6.17. The minimum Gasteiger partial charge on any atom is -0.378 e. The molecule has 6 heteroatoms. The second-order valence-electron chi connectivity index (χ2n) is 4.41. The third-order valence-corrected chi connectivity index (χ3v) is 4.76. The Kier molecular flexibility index (Phi) is 5.44. The van der Waals surface area contributed by atoms with Crippen LogP contribution in [0.15, 0.2) is 0 Å². The van der Waals surface area contributed by atoms with Crippen LogP contribution in [0.4, 0.5) is 5.95 Å². The predicted octanol–water partition coefficient (Wildman–Crippen LogP) is 3.26. The van der Waals surface area contributed by atoms with Gasteiger partial charge in [0.2, 0.25) is 5.95 Å². The Morgan fingerprint density at radius 3 is 2.50 bits per heavy atom. The van der Waals surface area contributed by atoms with Crippen LogP contribution in [0.2, 0.25) is 5.15 Å². The van der Waals surface area contributed by atoms with Crippen molar-refractivity contribution in [1.29, 1.82) is 0 Å². The molecule has 2 rings (SSSR count). The van der Waals surface area contributed by atoms with E-state index in [1.165, 1.54) is 25.7 Å². The molecule has 1 fully saturated rings. The molecule has 0 radical (unpaired) electrons. The third-order valence-electron chi connectivity index (χ3n) is 3.04. The van der Waals surface area contributed by atoms with Crippen LogP contribution in [0.1, 0.15) is 31.4 Å². The van der Waals surface area contributed by atoms with Gasteiger partial charge < -0.3 is 9.64 Å². The number of rotatable bonds is 3. The van der Waals surface area contributed by atoms with Crippen LogP contribution < -0.4 is 4.90 Å². The summed E-state index contributed by atoms with van der Waals surface area (Å²) in [6.45, 7) is 2.51. The van der Waals surface area contributed by atoms with Gasteiger partial charge in [-0.05, 0) is 35.4 Å². The molecule has 1 aromatic rings. The molecule has 1 aliphatic heterocycles. The second-order valence-corrected chi connectivity index (χ2v) is 5.85. The number of ether oxygens (including phenoxy) is 1. The number of nitrogens with zero attached hydrogens (tertiary/aromatic N) is 3. The van der Waals surface area contributed by atoms with E-state index in [9.17, 15) is 0 Å². The van der Waals surface area contributed by atoms with Crippen molar-refractivity contribution in [3.05, 3.63) is 14.4 Å². The van der Waals surface area contributed by atoms with Crippen LogP contribution in [-0.2, 0) is 11.3 Å². The average molecular weight is 382 g/mol. The molecule has 1 saturated heterocycles. The number of hydrogen-bond acceptors (Lipinski definition) is 4. The molecule has 0 aromatic carbocycles. The molecule has 0 amide bonds. The highest BCUT2D eigenvalue weighted by Crippen LogP contribution is 2.24. The van der Waals surface area contributed by atoms with Gasteiger partial charge in [0.15, 0.2) is 0 Å². The lowest BCUT2D eigenvalue weighted by molar-refractivity contribution is 0.180. The summed E-state index contributed by atoms with van der Waals surface area (Å²) in [6.07, 6.45) is 4.98. The number of hydrogen-bond donors (Lipinski definition) is 0. The first-order valence-corrected chi connectivity index (χ1v) is 7.64. The Bertz CT molecular complexity index is 409. The molecule has 0 N–H and O–H groups in total. The number of anilines is 1. The fourth-order valence-electron chi connectivity index (χ4n) is 2.10. The summed E-state index contributed by atoms with van der Waals surface area (Å²) in [6, 6.07) is 0. The van der Waals surface area contributed by atoms with Gasteiger partial charge in [-0.1, -0.05) is 24.4 Å². The summed E-state index contributed by atoms with van der Waals surface area (Å²) in [5.41, 5.74) is 0.873. The molecule has 0 aliphatic carbocycles. The zero-order valence-corrected chi connectivity index (χ0v) is 13.4. The first-order chi connectivity index (χ1) is 8.72. The fourth-order valence-corrected chi connectivity index (χ4v) is 2.68. The predicted molar refractivity (Wildman–Crippen MR) is 81.2 cm³/mol. The fraction of sp³-hybridized carbons (Fsp3) is 0.667. The summed E-state index contributed by atoms with van der Waals surface area (Å²) in [5, 5.41) is 0.525. The summed E-state index contributed by atoms with van der Waals surface area (Å²) >= 11 is 8.34. The smallest absolute Gasteiger partial charge is 0.227 e. The van der Waals surface area contributed by atoms with Gasteiger partial charge in [0.25, 0.3) is 0 Å². The van der Waals surface area contributed by atoms with Crippen molar-refractivity contribution in [2.75, 3.05) is 25.1 Å². The van der Waals surface area contributed by atoms with E-state index in [4.69, 9.17) is 16.3 Å². The van der Waals surface area contributed by atoms with Crippen molar-refractivity contribution in [2.24, 2.45) is 0 Å². The van der Waals surface area contributed by atoms with Crippen LogP contribution in [0.25, 0.3) is 0 Å². The SMILES string of the molecule is COCc1nc(N2CCCCCC2)nc(Cl)c1I. The zero-order valence-electron chi connectivity index (χ0n) is 10.5. The molecule has 18 heavy (non-hydrogen) atoms. The van der Waals surface area contributed by atoms with Gasteiger partial charge in [0, 0.05) is 20.2 Å². The lowest BCUT2D eigenvalue weighted by atomic mass is 10.2. The largest absolute Gasteiger partial charge is 0.378 e. The minimum atomic E-state index is 0.474. The zero-order chi connectivity index (χ0) is 13.0. The van der Waals surface area contributed by atoms with Crippen LogP contribution >= 0.6 is 34.2 Å². The van der Waals surface area contributed by atoms with E-state index in [-0.39, 0.29) is 0 Å². The molecule has 0 saturated carbocycles. The van der Waals surface area contributed by atoms with Crippen molar-refractivity contribution < 1.29 is 4.74 Å². The molecule has 100 valence electrons. The molecule has 0 bridgehead atoms. The Morgan fingerprint density at radius 2 is 1.89 bits per heavy atom. The molecule has 0 spiro atoms. The van der Waals surface area contributed by atoms with Gasteiger partial charge in [-0.15, -0.1) is 0 Å². The van der Waals surface area contributed by atoms with Crippen molar-refractivity contribution in [3.8, 4) is 0 Å². The molecule has 0 unspecified atom stereocenters. The number of methoxy groups -OCH3 is 1. The molecule has 1 aromatic heterocycles. The van der Waals surface area contributed by atoms with Gasteiger partial charge in [0.05, 0.1) is 15.9 Å². The highest BCUT2D eigenvalue weighted by Gasteiger charge is 2.16. The standard InChI is InChI=1S/C12H17ClIN3O/c1-18-8-9-10(14)11(13)16-12(15-9)17-6-4-2-3-5-7-17/h2-8H2,1H3. The van der Waals surface area contributed by atoms with Crippen LogP contribution in [-0.4, -0.2) is 30.2 Å². The van der Waals surface area contributed by atoms with Crippen LogP contribution in [0, 0.1) is 3.57 Å². The number of halogens is 2. The quantitative estimate of drug-likeness (QED) is 0.595. The Morgan fingerprint density at radius 1 is 1.22 bits per heavy atom. The van der Waals surface area contributed by atoms with Gasteiger partial charge in [-0.25, -0.2) is 4.98 Å². The molecule has 1 aliphatic rings. The van der Waals surface area contributed by atoms with E-state index < -0.39 is 0 Å². The van der Waals surface area contributed by atoms with E-state index in [2.05, 4.69) is 37.5 Å². The van der Waals surface area contributed by atoms with Crippen LogP contribution in [0.5, 0.6) is 0 Å². The Labute approximate surface area is 126 Å². The van der Waals surface area contributed by atoms with E-state index in [0.717, 1.165) is 28.3 Å². The summed E-state index contributed by atoms with van der Waals surface area (Å²) in [5.74, 6) is 0.745.